The lowest BCUT2D eigenvalue weighted by atomic mass is 10.4. The minimum Gasteiger partial charge on any atom is -0.479 e. The van der Waals surface area contributed by atoms with Crippen molar-refractivity contribution in [2.45, 2.75) is 13.0 Å². The molecule has 1 atom stereocenters. The monoisotopic (exact) mass is 537 g/mol. The van der Waals surface area contributed by atoms with Crippen LogP contribution in [0.1, 0.15) is 6.92 Å². The van der Waals surface area contributed by atoms with Crippen LogP contribution in [0.5, 0.6) is 0 Å². The van der Waals surface area contributed by atoms with Gasteiger partial charge in [-0.25, -0.2) is 4.79 Å². The van der Waals surface area contributed by atoms with Crippen LogP contribution in [0.2, 0.25) is 0 Å². The van der Waals surface area contributed by atoms with E-state index in [1.165, 1.54) is 6.92 Å². The van der Waals surface area contributed by atoms with Crippen LogP contribution in [-0.4, -0.2) is 201 Å². The largest absolute Gasteiger partial charge is 0.479 e. The molecule has 0 fully saturated rings. The molecule has 0 radical (unpaired) electrons. The van der Waals surface area contributed by atoms with Crippen molar-refractivity contribution in [1.82, 2.24) is 14.7 Å². The molecule has 0 aromatic carbocycles. The van der Waals surface area contributed by atoms with Crippen molar-refractivity contribution in [3.8, 4) is 0 Å². The van der Waals surface area contributed by atoms with Crippen molar-refractivity contribution in [3.63, 3.8) is 0 Å². The lowest BCUT2D eigenvalue weighted by Gasteiger charge is -2.17. The molecular weight excluding hydrogens is 486 g/mol. The first-order chi connectivity index (χ1) is 17.2. The topological polar surface area (TPSA) is 249 Å². The van der Waals surface area contributed by atoms with Crippen LogP contribution >= 0.6 is 0 Å². The van der Waals surface area contributed by atoms with E-state index >= 15 is 0 Å². The minimum atomic E-state index is -1.23. The molecule has 0 spiro atoms. The third-order valence-corrected chi connectivity index (χ3v) is 4.10. The summed E-state index contributed by atoms with van der Waals surface area (Å²) in [5.74, 6) is -1.19. The Morgan fingerprint density at radius 2 is 0.583 bits per heavy atom. The Bertz CT molecular complexity index is 327. The summed E-state index contributed by atoms with van der Waals surface area (Å²) in [6.45, 7) is 6.46. The van der Waals surface area contributed by atoms with Gasteiger partial charge in [0.1, 0.15) is 6.10 Å². The van der Waals surface area contributed by atoms with E-state index in [4.69, 9.17) is 56.2 Å². The highest BCUT2D eigenvalue weighted by molar-refractivity contribution is 5.71. The maximum atomic E-state index is 9.45. The number of nitrogens with zero attached hydrogens (tertiary/aromatic N) is 3. The molecule has 222 valence electrons. The van der Waals surface area contributed by atoms with Gasteiger partial charge in [-0.15, -0.1) is 0 Å². The van der Waals surface area contributed by atoms with E-state index in [9.17, 15) is 4.79 Å². The normalized spacial score (nSPS) is 11.3. The number of aliphatic carboxylic acids is 1. The Hall–Kier alpha value is -1.05. The number of carbonyl (C=O) groups is 1. The van der Waals surface area contributed by atoms with E-state index in [1.54, 1.807) is 14.7 Å². The van der Waals surface area contributed by atoms with E-state index in [1.807, 2.05) is 0 Å². The average Bonchev–Trinajstić information content (AvgIpc) is 2.82. The highest BCUT2D eigenvalue weighted by Gasteiger charge is 2.02. The van der Waals surface area contributed by atoms with Crippen molar-refractivity contribution in [2.24, 2.45) is 0 Å². The van der Waals surface area contributed by atoms with Gasteiger partial charge < -0.3 is 56.2 Å². The molecule has 0 aromatic rings. The van der Waals surface area contributed by atoms with E-state index in [-0.39, 0.29) is 59.5 Å². The third-order valence-electron chi connectivity index (χ3n) is 4.10. The number of carboxylic acids is 1. The van der Waals surface area contributed by atoms with Crippen LogP contribution in [-0.2, 0) is 4.79 Å². The Morgan fingerprint density at radius 3 is 0.639 bits per heavy atom. The lowest BCUT2D eigenvalue weighted by Crippen LogP contribution is -2.32. The maximum absolute atomic E-state index is 9.45. The fourth-order valence-electron chi connectivity index (χ4n) is 2.28. The van der Waals surface area contributed by atoms with Crippen molar-refractivity contribution in [2.75, 3.05) is 118 Å². The predicted molar refractivity (Wildman–Crippen MR) is 132 cm³/mol. The second kappa shape index (κ2) is 36.1. The van der Waals surface area contributed by atoms with Crippen molar-refractivity contribution < 1.29 is 61.0 Å². The Kier molecular flexibility index (Phi) is 42.2. The Morgan fingerprint density at radius 1 is 0.472 bits per heavy atom. The van der Waals surface area contributed by atoms with Gasteiger partial charge in [0.05, 0.1) is 59.5 Å². The van der Waals surface area contributed by atoms with Gasteiger partial charge in [-0.05, 0) is 6.92 Å². The molecule has 0 aromatic heterocycles. The quantitative estimate of drug-likeness (QED) is 0.0734. The third kappa shape index (κ3) is 37.5. The van der Waals surface area contributed by atoms with Gasteiger partial charge in [0, 0.05) is 58.9 Å². The number of aliphatic hydroxyl groups is 10. The summed E-state index contributed by atoms with van der Waals surface area (Å²) in [4.78, 5) is 14.8. The molecule has 0 amide bonds. The zero-order chi connectivity index (χ0) is 28.6. The smallest absolute Gasteiger partial charge is 0.332 e. The summed E-state index contributed by atoms with van der Waals surface area (Å²) in [7, 11) is 0. The summed E-state index contributed by atoms with van der Waals surface area (Å²) in [5.41, 5.74) is 0. The molecule has 0 aliphatic carbocycles. The Labute approximate surface area is 213 Å². The molecule has 15 heteroatoms. The molecule has 0 aliphatic heterocycles. The molecule has 36 heavy (non-hydrogen) atoms. The van der Waals surface area contributed by atoms with Crippen LogP contribution in [0.25, 0.3) is 0 Å². The number of hydrogen-bond donors (Lipinski definition) is 11. The molecule has 0 aliphatic rings. The second-order valence-electron chi connectivity index (χ2n) is 7.05. The average molecular weight is 538 g/mol. The van der Waals surface area contributed by atoms with Gasteiger partial charge in [0.25, 0.3) is 0 Å². The van der Waals surface area contributed by atoms with Crippen molar-refractivity contribution >= 4 is 5.97 Å². The van der Waals surface area contributed by atoms with E-state index in [0.717, 1.165) is 0 Å². The molecule has 0 bridgehead atoms. The summed E-state index contributed by atoms with van der Waals surface area (Å²) in [6, 6.07) is 0. The van der Waals surface area contributed by atoms with E-state index < -0.39 is 12.1 Å². The van der Waals surface area contributed by atoms with Crippen LogP contribution in [0.15, 0.2) is 0 Å². The number of hydrogen-bond acceptors (Lipinski definition) is 14. The molecule has 0 saturated carbocycles. The predicted octanol–water partition coefficient (Wildman–Crippen LogP) is -5.75. The maximum Gasteiger partial charge on any atom is 0.332 e. The van der Waals surface area contributed by atoms with Gasteiger partial charge in [0.15, 0.2) is 0 Å². The minimum absolute atomic E-state index is 0.0694. The molecule has 0 heterocycles. The van der Waals surface area contributed by atoms with Gasteiger partial charge >= 0.3 is 5.97 Å². The molecule has 0 rings (SSSR count). The van der Waals surface area contributed by atoms with Crippen molar-refractivity contribution in [3.05, 3.63) is 0 Å². The highest BCUT2D eigenvalue weighted by Crippen LogP contribution is 1.85. The SMILES string of the molecule is CC(O)C(=O)O.OCCN(CCO)CCO.OCCN(CCO)CCO.OCCN(CCO)CCO. The fourth-order valence-corrected chi connectivity index (χ4v) is 2.28. The van der Waals surface area contributed by atoms with Gasteiger partial charge in [-0.1, -0.05) is 0 Å². The molecule has 11 N–H and O–H groups in total. The van der Waals surface area contributed by atoms with Crippen LogP contribution < -0.4 is 0 Å². The number of aliphatic hydroxyl groups excluding tert-OH is 10. The van der Waals surface area contributed by atoms with E-state index in [2.05, 4.69) is 0 Å². The van der Waals surface area contributed by atoms with Crippen LogP contribution in [0, 0.1) is 0 Å². The summed E-state index contributed by atoms with van der Waals surface area (Å²) >= 11 is 0. The molecule has 0 saturated heterocycles. The molecule has 1 unspecified atom stereocenters. The first-order valence-electron chi connectivity index (χ1n) is 11.7. The number of carboxylic acid groups (broad SMARTS) is 1. The highest BCUT2D eigenvalue weighted by atomic mass is 16.4. The van der Waals surface area contributed by atoms with Crippen molar-refractivity contribution in [1.29, 1.82) is 0 Å². The summed E-state index contributed by atoms with van der Waals surface area (Å²) in [5, 5.41) is 92.1. The van der Waals surface area contributed by atoms with Crippen LogP contribution in [0.3, 0.4) is 0 Å². The van der Waals surface area contributed by atoms with Crippen LogP contribution in [0.4, 0.5) is 0 Å². The first kappa shape index (κ1) is 42.1. The molecular formula is C21H51N3O12. The summed E-state index contributed by atoms with van der Waals surface area (Å²) in [6.07, 6.45) is -1.23. The first-order valence-corrected chi connectivity index (χ1v) is 11.7. The zero-order valence-corrected chi connectivity index (χ0v) is 21.5. The summed E-state index contributed by atoms with van der Waals surface area (Å²) < 4.78 is 0. The molecule has 15 nitrogen and oxygen atoms in total. The lowest BCUT2D eigenvalue weighted by molar-refractivity contribution is -0.145. The second-order valence-corrected chi connectivity index (χ2v) is 7.05. The number of rotatable bonds is 19. The Balaban J connectivity index is -0.000000193. The standard InChI is InChI=1S/3C6H15NO3.C3H6O3/c3*8-4-1-7(2-5-9)3-6-10;1-2(4)3(5)6/h3*8-10H,1-6H2;2,4H,1H3,(H,5,6). The van der Waals surface area contributed by atoms with Gasteiger partial charge in [-0.3, -0.25) is 14.7 Å². The fraction of sp³-hybridized carbons (Fsp3) is 0.952. The van der Waals surface area contributed by atoms with E-state index in [0.29, 0.717) is 58.9 Å². The van der Waals surface area contributed by atoms with Gasteiger partial charge in [-0.2, -0.15) is 0 Å². The zero-order valence-electron chi connectivity index (χ0n) is 21.5. The van der Waals surface area contributed by atoms with Gasteiger partial charge in [0.2, 0.25) is 0 Å².